The smallest absolute Gasteiger partial charge is 0.377 e. The van der Waals surface area contributed by atoms with Gasteiger partial charge in [0, 0.05) is 25.2 Å². The van der Waals surface area contributed by atoms with Gasteiger partial charge < -0.3 is 9.64 Å². The summed E-state index contributed by atoms with van der Waals surface area (Å²) in [7, 11) is 0. The van der Waals surface area contributed by atoms with Crippen molar-refractivity contribution in [2.45, 2.75) is 25.1 Å². The van der Waals surface area contributed by atoms with E-state index in [0.717, 1.165) is 25.1 Å². The first-order valence-corrected chi connectivity index (χ1v) is 6.87. The molecule has 0 N–H and O–H groups in total. The number of alkyl halides is 4. The number of hydrogen-bond donors (Lipinski definition) is 0. The van der Waals surface area contributed by atoms with Crippen LogP contribution in [0.25, 0.3) is 0 Å². The average Bonchev–Trinajstić information content (AvgIpc) is 2.45. The largest absolute Gasteiger partial charge is 0.433 e. The lowest BCUT2D eigenvalue weighted by Crippen LogP contribution is -2.38. The second kappa shape index (κ2) is 6.58. The predicted molar refractivity (Wildman–Crippen MR) is 68.9 cm³/mol. The van der Waals surface area contributed by atoms with Crippen molar-refractivity contribution in [3.05, 3.63) is 18.0 Å². The van der Waals surface area contributed by atoms with Gasteiger partial charge in [-0.1, -0.05) is 0 Å². The molecular weight excluding hydrogens is 295 g/mol. The second-order valence-electron chi connectivity index (χ2n) is 4.49. The van der Waals surface area contributed by atoms with Gasteiger partial charge in [0.2, 0.25) is 5.95 Å². The first-order chi connectivity index (χ1) is 9.50. The van der Waals surface area contributed by atoms with Gasteiger partial charge in [0.05, 0.1) is 12.7 Å². The van der Waals surface area contributed by atoms with Gasteiger partial charge in [0.15, 0.2) is 0 Å². The topological polar surface area (TPSA) is 38.2 Å². The lowest BCUT2D eigenvalue weighted by Gasteiger charge is -2.31. The zero-order valence-corrected chi connectivity index (χ0v) is 11.5. The summed E-state index contributed by atoms with van der Waals surface area (Å²) in [5.74, 6) is 0.562. The Kier molecular flexibility index (Phi) is 5.04. The Bertz CT molecular complexity index is 436. The van der Waals surface area contributed by atoms with Gasteiger partial charge in [-0.05, 0) is 18.9 Å². The molecule has 2 rings (SSSR count). The Balaban J connectivity index is 1.97. The summed E-state index contributed by atoms with van der Waals surface area (Å²) < 4.78 is 43.3. The van der Waals surface area contributed by atoms with Gasteiger partial charge in [-0.15, -0.1) is 11.6 Å². The van der Waals surface area contributed by atoms with Crippen molar-refractivity contribution in [1.29, 1.82) is 0 Å². The number of anilines is 1. The van der Waals surface area contributed by atoms with E-state index >= 15 is 0 Å². The van der Waals surface area contributed by atoms with Crippen molar-refractivity contribution >= 4 is 17.5 Å². The first kappa shape index (κ1) is 15.3. The normalized spacial score (nSPS) is 17.5. The molecule has 0 aliphatic carbocycles. The monoisotopic (exact) mass is 309 g/mol. The van der Waals surface area contributed by atoms with Crippen LogP contribution in [0.5, 0.6) is 0 Å². The standard InChI is InChI=1S/C12H15ClF3N3O/c13-4-8-20-9-2-6-19(7-3-9)11-17-5-1-10(18-11)12(14,15)16/h1,5,9H,2-4,6-8H2. The van der Waals surface area contributed by atoms with E-state index in [2.05, 4.69) is 9.97 Å². The fourth-order valence-corrected chi connectivity index (χ4v) is 2.18. The maximum Gasteiger partial charge on any atom is 0.433 e. The van der Waals surface area contributed by atoms with Gasteiger partial charge in [-0.25, -0.2) is 9.97 Å². The molecule has 1 aliphatic rings. The molecule has 1 fully saturated rings. The molecule has 1 aliphatic heterocycles. The van der Waals surface area contributed by atoms with E-state index in [1.165, 1.54) is 0 Å². The Labute approximate surface area is 119 Å². The lowest BCUT2D eigenvalue weighted by molar-refractivity contribution is -0.141. The minimum Gasteiger partial charge on any atom is -0.377 e. The summed E-state index contributed by atoms with van der Waals surface area (Å²) in [5.41, 5.74) is -0.914. The van der Waals surface area contributed by atoms with Gasteiger partial charge in [-0.2, -0.15) is 13.2 Å². The van der Waals surface area contributed by atoms with Crippen molar-refractivity contribution in [3.8, 4) is 0 Å². The van der Waals surface area contributed by atoms with Crippen molar-refractivity contribution < 1.29 is 17.9 Å². The molecular formula is C12H15ClF3N3O. The summed E-state index contributed by atoms with van der Waals surface area (Å²) in [6.07, 6.45) is -1.73. The van der Waals surface area contributed by atoms with Crippen LogP contribution in [-0.2, 0) is 10.9 Å². The average molecular weight is 310 g/mol. The fourth-order valence-electron chi connectivity index (χ4n) is 2.09. The maximum absolute atomic E-state index is 12.6. The van der Waals surface area contributed by atoms with Crippen molar-refractivity contribution in [2.24, 2.45) is 0 Å². The molecule has 0 spiro atoms. The van der Waals surface area contributed by atoms with Crippen LogP contribution in [0.15, 0.2) is 12.3 Å². The predicted octanol–water partition coefficient (Wildman–Crippen LogP) is 2.72. The lowest BCUT2D eigenvalue weighted by atomic mass is 10.1. The van der Waals surface area contributed by atoms with Crippen LogP contribution >= 0.6 is 11.6 Å². The first-order valence-electron chi connectivity index (χ1n) is 6.33. The van der Waals surface area contributed by atoms with E-state index in [1.807, 2.05) is 0 Å². The zero-order chi connectivity index (χ0) is 14.6. The molecule has 4 nitrogen and oxygen atoms in total. The van der Waals surface area contributed by atoms with Gasteiger partial charge in [-0.3, -0.25) is 0 Å². The Hall–Kier alpha value is -1.08. The molecule has 0 aromatic carbocycles. The summed E-state index contributed by atoms with van der Waals surface area (Å²) in [6, 6.07) is 0.875. The molecule has 0 bridgehead atoms. The second-order valence-corrected chi connectivity index (χ2v) is 4.86. The van der Waals surface area contributed by atoms with Crippen molar-refractivity contribution in [2.75, 3.05) is 30.5 Å². The van der Waals surface area contributed by atoms with Crippen LogP contribution in [0, 0.1) is 0 Å². The van der Waals surface area contributed by atoms with Gasteiger partial charge in [0.1, 0.15) is 5.69 Å². The zero-order valence-electron chi connectivity index (χ0n) is 10.7. The highest BCUT2D eigenvalue weighted by molar-refractivity contribution is 6.17. The molecule has 0 unspecified atom stereocenters. The molecule has 112 valence electrons. The Morgan fingerprint density at radius 1 is 1.35 bits per heavy atom. The minimum absolute atomic E-state index is 0.107. The number of ether oxygens (including phenoxy) is 1. The van der Waals surface area contributed by atoms with Gasteiger partial charge >= 0.3 is 6.18 Å². The number of piperidine rings is 1. The van der Waals surface area contributed by atoms with E-state index < -0.39 is 11.9 Å². The van der Waals surface area contributed by atoms with Crippen molar-refractivity contribution in [3.63, 3.8) is 0 Å². The Morgan fingerprint density at radius 3 is 2.65 bits per heavy atom. The third-order valence-corrected chi connectivity index (χ3v) is 3.24. The van der Waals surface area contributed by atoms with Gasteiger partial charge in [0.25, 0.3) is 0 Å². The Morgan fingerprint density at radius 2 is 2.05 bits per heavy atom. The molecule has 0 saturated carbocycles. The number of halogens is 4. The minimum atomic E-state index is -4.44. The highest BCUT2D eigenvalue weighted by Crippen LogP contribution is 2.28. The molecule has 20 heavy (non-hydrogen) atoms. The molecule has 0 amide bonds. The molecule has 8 heteroatoms. The number of aromatic nitrogens is 2. The number of rotatable bonds is 4. The molecule has 0 atom stereocenters. The fraction of sp³-hybridized carbons (Fsp3) is 0.667. The van der Waals surface area contributed by atoms with E-state index in [4.69, 9.17) is 16.3 Å². The molecule has 1 saturated heterocycles. The number of nitrogens with zero attached hydrogens (tertiary/aromatic N) is 3. The van der Waals surface area contributed by atoms with Crippen LogP contribution < -0.4 is 4.90 Å². The summed E-state index contributed by atoms with van der Waals surface area (Å²) in [4.78, 5) is 9.25. The van der Waals surface area contributed by atoms with Crippen LogP contribution in [0.2, 0.25) is 0 Å². The summed E-state index contributed by atoms with van der Waals surface area (Å²) in [5, 5.41) is 0. The molecule has 1 aromatic heterocycles. The third-order valence-electron chi connectivity index (χ3n) is 3.09. The number of hydrogen-bond acceptors (Lipinski definition) is 4. The van der Waals surface area contributed by atoms with Crippen LogP contribution in [0.3, 0.4) is 0 Å². The van der Waals surface area contributed by atoms with Crippen LogP contribution in [-0.4, -0.2) is 41.6 Å². The molecule has 2 heterocycles. The quantitative estimate of drug-likeness (QED) is 0.802. The van der Waals surface area contributed by atoms with E-state index in [-0.39, 0.29) is 12.1 Å². The summed E-state index contributed by atoms with van der Waals surface area (Å²) >= 11 is 5.54. The van der Waals surface area contributed by atoms with Crippen LogP contribution in [0.1, 0.15) is 18.5 Å². The van der Waals surface area contributed by atoms with Crippen molar-refractivity contribution in [1.82, 2.24) is 9.97 Å². The SMILES string of the molecule is FC(F)(F)c1ccnc(N2CCC(OCCCl)CC2)n1. The van der Waals surface area contributed by atoms with Crippen LogP contribution in [0.4, 0.5) is 19.1 Å². The maximum atomic E-state index is 12.6. The van der Waals surface area contributed by atoms with E-state index in [0.29, 0.717) is 25.6 Å². The molecule has 1 aromatic rings. The highest BCUT2D eigenvalue weighted by atomic mass is 35.5. The van der Waals surface area contributed by atoms with E-state index in [9.17, 15) is 13.2 Å². The van der Waals surface area contributed by atoms with E-state index in [1.54, 1.807) is 4.90 Å². The summed E-state index contributed by atoms with van der Waals surface area (Å²) in [6.45, 7) is 1.65. The molecule has 0 radical (unpaired) electrons. The highest BCUT2D eigenvalue weighted by Gasteiger charge is 2.33. The third kappa shape index (κ3) is 3.96.